The molecule has 0 spiro atoms. The third kappa shape index (κ3) is 9.80. The molecule has 1 N–H and O–H groups in total. The van der Waals surface area contributed by atoms with Crippen molar-refractivity contribution in [2.75, 3.05) is 13.7 Å². The van der Waals surface area contributed by atoms with Crippen LogP contribution >= 0.6 is 23.2 Å². The van der Waals surface area contributed by atoms with Gasteiger partial charge >= 0.3 is 12.1 Å². The molecule has 1 unspecified atom stereocenters. The largest absolute Gasteiger partial charge is 0.489 e. The van der Waals surface area contributed by atoms with Gasteiger partial charge in [-0.05, 0) is 122 Å². The standard InChI is InChI=1S/C47H47Cl2N3O8/c1-27-28(2)50-18-17-36(27)31-10-7-29(8-11-31)20-39(45(54)56-6)51-44(53)40-21-33-22-41-42(23-34(33)24-52(40)46(55)60-47(3,4)5)59-43(26-58-41)32-12-14-35(15-13-32)57-25-30-9-16-37(48)38(49)19-30/h7-19,22-23,39-40,43H,20-21,24-26H2,1-6H3,(H,51,53)/t39-,40?,43-/m0/s1. The van der Waals surface area contributed by atoms with Gasteiger partial charge in [-0.2, -0.15) is 0 Å². The quantitative estimate of drug-likeness (QED) is 0.137. The number of nitrogens with one attached hydrogen (secondary N) is 1. The van der Waals surface area contributed by atoms with E-state index in [0.717, 1.165) is 50.2 Å². The van der Waals surface area contributed by atoms with Gasteiger partial charge in [0, 0.05) is 24.7 Å². The van der Waals surface area contributed by atoms with Gasteiger partial charge in [-0.1, -0.05) is 65.7 Å². The fraction of sp³-hybridized carbons (Fsp3) is 0.319. The van der Waals surface area contributed by atoms with Gasteiger partial charge in [0.15, 0.2) is 17.6 Å². The van der Waals surface area contributed by atoms with Crippen LogP contribution in [0, 0.1) is 13.8 Å². The number of rotatable bonds is 10. The van der Waals surface area contributed by atoms with E-state index in [0.29, 0.717) is 33.9 Å². The summed E-state index contributed by atoms with van der Waals surface area (Å²) in [6.07, 6.45) is 1.05. The van der Waals surface area contributed by atoms with Crippen LogP contribution in [-0.4, -0.2) is 59.3 Å². The third-order valence-corrected chi connectivity index (χ3v) is 11.3. The number of aryl methyl sites for hydroxylation is 1. The first-order valence-electron chi connectivity index (χ1n) is 19.7. The maximum Gasteiger partial charge on any atom is 0.411 e. The minimum atomic E-state index is -1.01. The molecular weight excluding hydrogens is 805 g/mol. The van der Waals surface area contributed by atoms with E-state index in [4.69, 9.17) is 46.9 Å². The van der Waals surface area contributed by atoms with E-state index in [1.807, 2.05) is 86.6 Å². The number of methoxy groups -OCH3 is 1. The van der Waals surface area contributed by atoms with Crippen LogP contribution in [0.25, 0.3) is 11.1 Å². The SMILES string of the molecule is COC(=O)[C@H](Cc1ccc(-c2ccnc(C)c2C)cc1)NC(=O)C1Cc2cc3c(cc2CN1C(=O)OC(C)(C)C)O[C@H](c1ccc(OCc2ccc(Cl)c(Cl)c2)cc1)CO3. The summed E-state index contributed by atoms with van der Waals surface area (Å²) in [7, 11) is 1.28. The second-order valence-electron chi connectivity index (χ2n) is 16.0. The number of halogens is 2. The van der Waals surface area contributed by atoms with Crippen LogP contribution in [0.5, 0.6) is 17.2 Å². The van der Waals surface area contributed by atoms with Crippen molar-refractivity contribution in [1.29, 1.82) is 0 Å². The van der Waals surface area contributed by atoms with Crippen molar-refractivity contribution in [3.8, 4) is 28.4 Å². The molecule has 0 aliphatic carbocycles. The highest BCUT2D eigenvalue weighted by molar-refractivity contribution is 6.42. The smallest absolute Gasteiger partial charge is 0.411 e. The molecule has 2 aliphatic rings. The van der Waals surface area contributed by atoms with E-state index in [9.17, 15) is 14.4 Å². The molecule has 11 nitrogen and oxygen atoms in total. The number of nitrogens with zero attached hydrogens (tertiary/aromatic N) is 2. The summed E-state index contributed by atoms with van der Waals surface area (Å²) in [5, 5.41) is 3.85. The highest BCUT2D eigenvalue weighted by atomic mass is 35.5. The molecule has 0 radical (unpaired) electrons. The summed E-state index contributed by atoms with van der Waals surface area (Å²) in [5.41, 5.74) is 7.50. The van der Waals surface area contributed by atoms with Crippen LogP contribution in [0.1, 0.15) is 65.9 Å². The Kier molecular flexibility index (Phi) is 12.6. The summed E-state index contributed by atoms with van der Waals surface area (Å²) < 4.78 is 29.5. The van der Waals surface area contributed by atoms with Crippen LogP contribution in [0.2, 0.25) is 10.0 Å². The number of fused-ring (bicyclic) bond motifs is 2. The molecule has 3 heterocycles. The Morgan fingerprint density at radius 3 is 2.32 bits per heavy atom. The predicted molar refractivity (Wildman–Crippen MR) is 229 cm³/mol. The molecule has 1 aromatic heterocycles. The lowest BCUT2D eigenvalue weighted by atomic mass is 9.92. The highest BCUT2D eigenvalue weighted by Crippen LogP contribution is 2.41. The number of carbonyl (C=O) groups is 3. The second-order valence-corrected chi connectivity index (χ2v) is 16.8. The summed E-state index contributed by atoms with van der Waals surface area (Å²) in [4.78, 5) is 46.9. The molecule has 0 bridgehead atoms. The Morgan fingerprint density at radius 2 is 1.62 bits per heavy atom. The molecule has 2 aliphatic heterocycles. The molecule has 3 atom stereocenters. The number of esters is 1. The maximum atomic E-state index is 14.2. The number of amides is 2. The first-order chi connectivity index (χ1) is 28.6. The average molecular weight is 853 g/mol. The van der Waals surface area contributed by atoms with Crippen molar-refractivity contribution < 1.29 is 38.1 Å². The molecule has 2 amide bonds. The average Bonchev–Trinajstić information content (AvgIpc) is 3.23. The lowest BCUT2D eigenvalue weighted by molar-refractivity contribution is -0.145. The summed E-state index contributed by atoms with van der Waals surface area (Å²) in [6, 6.07) is 24.5. The Labute approximate surface area is 359 Å². The van der Waals surface area contributed by atoms with Gasteiger partial charge < -0.3 is 29.0 Å². The fourth-order valence-electron chi connectivity index (χ4n) is 7.25. The minimum absolute atomic E-state index is 0.0623. The zero-order chi connectivity index (χ0) is 42.7. The first kappa shape index (κ1) is 42.3. The molecule has 5 aromatic rings. The zero-order valence-corrected chi connectivity index (χ0v) is 35.9. The number of benzene rings is 4. The molecule has 13 heteroatoms. The predicted octanol–water partition coefficient (Wildman–Crippen LogP) is 9.33. The van der Waals surface area contributed by atoms with Gasteiger partial charge in [0.2, 0.25) is 5.91 Å². The lowest BCUT2D eigenvalue weighted by Crippen LogP contribution is -2.56. The summed E-state index contributed by atoms with van der Waals surface area (Å²) in [5.74, 6) is 0.608. The van der Waals surface area contributed by atoms with Crippen molar-refractivity contribution >= 4 is 41.2 Å². The molecular formula is C47H47Cl2N3O8. The lowest BCUT2D eigenvalue weighted by Gasteiger charge is -2.38. The summed E-state index contributed by atoms with van der Waals surface area (Å²) >= 11 is 12.2. The van der Waals surface area contributed by atoms with Crippen molar-refractivity contribution in [2.24, 2.45) is 0 Å². The normalized spacial score (nSPS) is 16.3. The molecule has 7 rings (SSSR count). The van der Waals surface area contributed by atoms with Crippen molar-refractivity contribution in [3.05, 3.63) is 140 Å². The van der Waals surface area contributed by atoms with E-state index in [-0.39, 0.29) is 26.0 Å². The van der Waals surface area contributed by atoms with Crippen LogP contribution in [-0.2, 0) is 45.1 Å². The van der Waals surface area contributed by atoms with Crippen LogP contribution in [0.4, 0.5) is 4.79 Å². The molecule has 4 aromatic carbocycles. The Bertz CT molecular complexity index is 2400. The number of pyridine rings is 1. The molecule has 0 fully saturated rings. The van der Waals surface area contributed by atoms with Crippen molar-refractivity contribution in [3.63, 3.8) is 0 Å². The van der Waals surface area contributed by atoms with E-state index in [2.05, 4.69) is 10.3 Å². The third-order valence-electron chi connectivity index (χ3n) is 10.6. The molecule has 0 saturated carbocycles. The maximum absolute atomic E-state index is 14.2. The van der Waals surface area contributed by atoms with E-state index >= 15 is 0 Å². The van der Waals surface area contributed by atoms with Crippen LogP contribution in [0.15, 0.2) is 91.1 Å². The van der Waals surface area contributed by atoms with Crippen molar-refractivity contribution in [1.82, 2.24) is 15.2 Å². The number of hydrogen-bond donors (Lipinski definition) is 1. The van der Waals surface area contributed by atoms with Gasteiger partial charge in [0.05, 0.1) is 23.7 Å². The second kappa shape index (κ2) is 17.8. The molecule has 0 saturated heterocycles. The number of hydrogen-bond acceptors (Lipinski definition) is 9. The van der Waals surface area contributed by atoms with E-state index in [1.54, 1.807) is 39.1 Å². The Morgan fingerprint density at radius 1 is 0.900 bits per heavy atom. The van der Waals surface area contributed by atoms with Crippen LogP contribution < -0.4 is 19.5 Å². The van der Waals surface area contributed by atoms with E-state index < -0.39 is 41.8 Å². The van der Waals surface area contributed by atoms with Crippen LogP contribution in [0.3, 0.4) is 0 Å². The zero-order valence-electron chi connectivity index (χ0n) is 34.3. The van der Waals surface area contributed by atoms with Crippen molar-refractivity contribution in [2.45, 2.75) is 84.4 Å². The van der Waals surface area contributed by atoms with E-state index in [1.165, 1.54) is 12.0 Å². The van der Waals surface area contributed by atoms with Gasteiger partial charge in [0.1, 0.15) is 36.6 Å². The Hall–Kier alpha value is -5.78. The Balaban J connectivity index is 1.06. The highest BCUT2D eigenvalue weighted by Gasteiger charge is 2.40. The fourth-order valence-corrected chi connectivity index (χ4v) is 7.57. The topological polar surface area (TPSA) is 126 Å². The minimum Gasteiger partial charge on any atom is -0.489 e. The van der Waals surface area contributed by atoms with Gasteiger partial charge in [-0.15, -0.1) is 0 Å². The van der Waals surface area contributed by atoms with Gasteiger partial charge in [-0.3, -0.25) is 14.7 Å². The van der Waals surface area contributed by atoms with Gasteiger partial charge in [-0.25, -0.2) is 9.59 Å². The molecule has 60 heavy (non-hydrogen) atoms. The first-order valence-corrected chi connectivity index (χ1v) is 20.4. The van der Waals surface area contributed by atoms with Gasteiger partial charge in [0.25, 0.3) is 0 Å². The molecule has 312 valence electrons. The monoisotopic (exact) mass is 851 g/mol. The number of aromatic nitrogens is 1. The summed E-state index contributed by atoms with van der Waals surface area (Å²) in [6.45, 7) is 9.95. The number of carbonyl (C=O) groups excluding carboxylic acids is 3. The number of ether oxygens (including phenoxy) is 5.